The van der Waals surface area contributed by atoms with Gasteiger partial charge in [-0.1, -0.05) is 18.2 Å². The van der Waals surface area contributed by atoms with Crippen LogP contribution in [0.4, 0.5) is 10.1 Å². The number of fused-ring (bicyclic) bond motifs is 1. The van der Waals surface area contributed by atoms with Gasteiger partial charge >= 0.3 is 0 Å². The van der Waals surface area contributed by atoms with E-state index in [2.05, 4.69) is 10.3 Å². The molecule has 1 fully saturated rings. The number of carbonyl (C=O) groups is 1. The molecule has 0 saturated heterocycles. The Balaban J connectivity index is 1.66. The van der Waals surface area contributed by atoms with Crippen LogP contribution in [0.15, 0.2) is 53.5 Å². The Bertz CT molecular complexity index is 868. The largest absolute Gasteiger partial charge is 0.461 e. The molecule has 2 aromatic rings. The molecule has 1 unspecified atom stereocenters. The number of benzene rings is 2. The van der Waals surface area contributed by atoms with Crippen LogP contribution in [0.5, 0.6) is 0 Å². The van der Waals surface area contributed by atoms with Crippen molar-refractivity contribution in [2.75, 3.05) is 5.73 Å². The summed E-state index contributed by atoms with van der Waals surface area (Å²) < 4.78 is 20.1. The van der Waals surface area contributed by atoms with Crippen LogP contribution < -0.4 is 11.1 Å². The molecule has 128 valence electrons. The van der Waals surface area contributed by atoms with Crippen molar-refractivity contribution < 1.29 is 13.9 Å². The van der Waals surface area contributed by atoms with Gasteiger partial charge in [-0.3, -0.25) is 10.1 Å². The van der Waals surface area contributed by atoms with Gasteiger partial charge in [0.2, 0.25) is 0 Å². The van der Waals surface area contributed by atoms with Crippen molar-refractivity contribution in [2.45, 2.75) is 25.0 Å². The van der Waals surface area contributed by atoms with Crippen LogP contribution in [-0.4, -0.2) is 18.0 Å². The lowest BCUT2D eigenvalue weighted by Crippen LogP contribution is -2.41. The second kappa shape index (κ2) is 5.58. The van der Waals surface area contributed by atoms with E-state index in [-0.39, 0.29) is 29.8 Å². The molecular weight excluding hydrogens is 321 g/mol. The average molecular weight is 339 g/mol. The van der Waals surface area contributed by atoms with Crippen LogP contribution in [0.3, 0.4) is 0 Å². The van der Waals surface area contributed by atoms with Gasteiger partial charge in [0, 0.05) is 22.7 Å². The normalized spacial score (nSPS) is 26.9. The molecule has 1 heterocycles. The van der Waals surface area contributed by atoms with E-state index in [1.807, 2.05) is 13.0 Å². The number of nitrogen functional groups attached to an aromatic ring is 1. The lowest BCUT2D eigenvalue weighted by Gasteiger charge is -2.31. The van der Waals surface area contributed by atoms with E-state index in [9.17, 15) is 9.18 Å². The third-order valence-corrected chi connectivity index (χ3v) is 4.84. The number of ether oxygens (including phenoxy) is 1. The monoisotopic (exact) mass is 339 g/mol. The summed E-state index contributed by atoms with van der Waals surface area (Å²) in [6.07, 6.45) is 0.688. The number of amides is 1. The summed E-state index contributed by atoms with van der Waals surface area (Å²) in [6.45, 7) is 1.85. The molecule has 3 N–H and O–H groups in total. The molecule has 3 atom stereocenters. The van der Waals surface area contributed by atoms with Crippen molar-refractivity contribution in [1.82, 2.24) is 5.32 Å². The number of halogens is 1. The zero-order valence-corrected chi connectivity index (χ0v) is 13.7. The molecule has 0 bridgehead atoms. The number of anilines is 1. The molecule has 0 radical (unpaired) electrons. The van der Waals surface area contributed by atoms with Crippen molar-refractivity contribution in [3.8, 4) is 0 Å². The summed E-state index contributed by atoms with van der Waals surface area (Å²) in [5.74, 6) is -0.600. The van der Waals surface area contributed by atoms with Gasteiger partial charge in [-0.25, -0.2) is 9.38 Å². The fourth-order valence-electron chi connectivity index (χ4n) is 3.36. The van der Waals surface area contributed by atoms with E-state index >= 15 is 0 Å². The predicted octanol–water partition coefficient (Wildman–Crippen LogP) is 2.83. The number of rotatable bonds is 2. The second-order valence-electron chi connectivity index (χ2n) is 6.62. The Morgan fingerprint density at radius 2 is 2.08 bits per heavy atom. The molecule has 6 heteroatoms. The summed E-state index contributed by atoms with van der Waals surface area (Å²) in [4.78, 5) is 16.9. The van der Waals surface area contributed by atoms with Crippen molar-refractivity contribution in [3.63, 3.8) is 0 Å². The maximum Gasteiger partial charge on any atom is 0.292 e. The number of nitrogens with zero attached hydrogens (tertiary/aromatic N) is 1. The lowest BCUT2D eigenvalue weighted by atomic mass is 9.86. The zero-order valence-electron chi connectivity index (χ0n) is 13.7. The first-order chi connectivity index (χ1) is 12.0. The summed E-state index contributed by atoms with van der Waals surface area (Å²) in [7, 11) is 0. The highest BCUT2D eigenvalue weighted by atomic mass is 19.1. The second-order valence-corrected chi connectivity index (χ2v) is 6.62. The van der Waals surface area contributed by atoms with E-state index in [0.29, 0.717) is 16.8 Å². The van der Waals surface area contributed by atoms with Crippen molar-refractivity contribution >= 4 is 17.6 Å². The topological polar surface area (TPSA) is 76.7 Å². The number of aliphatic imine (C=N–C) groups is 1. The molecule has 2 aromatic carbocycles. The third-order valence-electron chi connectivity index (χ3n) is 4.84. The number of nitrogens with two attached hydrogens (primary N) is 1. The SMILES string of the molecule is C[C@@]1(c2cc(N)ccc2F)N=C(NC(=O)c2ccccc2)OC2C[C@@H]21. The van der Waals surface area contributed by atoms with E-state index < -0.39 is 5.54 Å². The van der Waals surface area contributed by atoms with E-state index in [1.165, 1.54) is 12.1 Å². The van der Waals surface area contributed by atoms with Crippen LogP contribution in [-0.2, 0) is 10.3 Å². The number of hydrogen-bond acceptors (Lipinski definition) is 4. The van der Waals surface area contributed by atoms with Crippen LogP contribution in [0.1, 0.15) is 29.3 Å². The van der Waals surface area contributed by atoms with Crippen LogP contribution in [0.25, 0.3) is 0 Å². The van der Waals surface area contributed by atoms with Crippen molar-refractivity contribution in [2.24, 2.45) is 10.9 Å². The quantitative estimate of drug-likeness (QED) is 0.826. The van der Waals surface area contributed by atoms with Gasteiger partial charge < -0.3 is 10.5 Å². The maximum atomic E-state index is 14.4. The number of hydrogen-bond donors (Lipinski definition) is 2. The molecular formula is C19H18FN3O2. The Kier molecular flexibility index (Phi) is 3.49. The first-order valence-electron chi connectivity index (χ1n) is 8.16. The third kappa shape index (κ3) is 2.73. The molecule has 1 aliphatic heterocycles. The standard InChI is InChI=1S/C19H18FN3O2/c1-19(13-9-12(21)7-8-15(13)20)14-10-16(14)25-18(23-19)22-17(24)11-5-3-2-4-6-11/h2-9,14,16H,10,21H2,1H3,(H,22,23,24)/t14-,16?,19-/m0/s1. The zero-order chi connectivity index (χ0) is 17.6. The van der Waals surface area contributed by atoms with Gasteiger partial charge in [-0.2, -0.15) is 0 Å². The van der Waals surface area contributed by atoms with Gasteiger partial charge in [-0.15, -0.1) is 0 Å². The van der Waals surface area contributed by atoms with Crippen LogP contribution in [0, 0.1) is 11.7 Å². The highest BCUT2D eigenvalue weighted by molar-refractivity contribution is 6.04. The first-order valence-corrected chi connectivity index (χ1v) is 8.16. The number of amidine groups is 1. The van der Waals surface area contributed by atoms with Gasteiger partial charge in [0.1, 0.15) is 11.9 Å². The summed E-state index contributed by atoms with van der Waals surface area (Å²) >= 11 is 0. The smallest absolute Gasteiger partial charge is 0.292 e. The fourth-order valence-corrected chi connectivity index (χ4v) is 3.36. The van der Waals surface area contributed by atoms with Crippen LogP contribution in [0.2, 0.25) is 0 Å². The average Bonchev–Trinajstić information content (AvgIpc) is 3.38. The highest BCUT2D eigenvalue weighted by Crippen LogP contribution is 2.53. The molecule has 0 spiro atoms. The first kappa shape index (κ1) is 15.6. The van der Waals surface area contributed by atoms with E-state index in [1.54, 1.807) is 30.3 Å². The Labute approximate surface area is 144 Å². The van der Waals surface area contributed by atoms with E-state index in [0.717, 1.165) is 6.42 Å². The summed E-state index contributed by atoms with van der Waals surface area (Å²) in [5, 5.41) is 2.69. The summed E-state index contributed by atoms with van der Waals surface area (Å²) in [6, 6.07) is 13.4. The lowest BCUT2D eigenvalue weighted by molar-refractivity contribution is 0.0956. The van der Waals surface area contributed by atoms with Gasteiger partial charge in [0.25, 0.3) is 11.9 Å². The minimum atomic E-state index is -0.818. The molecule has 2 aliphatic rings. The Morgan fingerprint density at radius 3 is 2.84 bits per heavy atom. The molecule has 4 rings (SSSR count). The molecule has 1 aliphatic carbocycles. The minimum absolute atomic E-state index is 0.0705. The Morgan fingerprint density at radius 1 is 1.32 bits per heavy atom. The fraction of sp³-hybridized carbons (Fsp3) is 0.263. The number of nitrogens with one attached hydrogen (secondary N) is 1. The van der Waals surface area contributed by atoms with Gasteiger partial charge in [0.15, 0.2) is 0 Å². The molecule has 25 heavy (non-hydrogen) atoms. The maximum absolute atomic E-state index is 14.4. The van der Waals surface area contributed by atoms with Gasteiger partial charge in [0.05, 0.1) is 5.54 Å². The van der Waals surface area contributed by atoms with Gasteiger partial charge in [-0.05, 0) is 43.7 Å². The van der Waals surface area contributed by atoms with Crippen LogP contribution >= 0.6 is 0 Å². The molecule has 5 nitrogen and oxygen atoms in total. The molecule has 1 saturated carbocycles. The molecule has 0 aromatic heterocycles. The summed E-state index contributed by atoms with van der Waals surface area (Å²) in [5.41, 5.74) is 6.42. The predicted molar refractivity (Wildman–Crippen MR) is 92.5 cm³/mol. The molecule has 1 amide bonds. The minimum Gasteiger partial charge on any atom is -0.461 e. The van der Waals surface area contributed by atoms with E-state index in [4.69, 9.17) is 10.5 Å². The highest BCUT2D eigenvalue weighted by Gasteiger charge is 2.57. The number of carbonyl (C=O) groups excluding carboxylic acids is 1. The van der Waals surface area contributed by atoms with Crippen molar-refractivity contribution in [3.05, 3.63) is 65.5 Å². The Hall–Kier alpha value is -2.89. The van der Waals surface area contributed by atoms with Crippen molar-refractivity contribution in [1.29, 1.82) is 0 Å².